The van der Waals surface area contributed by atoms with E-state index in [2.05, 4.69) is 88.1 Å². The third-order valence-corrected chi connectivity index (χ3v) is 11.9. The van der Waals surface area contributed by atoms with Gasteiger partial charge in [-0.1, -0.05) is 121 Å². The first-order chi connectivity index (χ1) is 33.1. The average Bonchev–Trinajstić information content (AvgIpc) is 4.09. The summed E-state index contributed by atoms with van der Waals surface area (Å²) < 4.78 is 15.0. The zero-order chi connectivity index (χ0) is 48.2. The molecule has 0 aliphatic rings. The fourth-order valence-electron chi connectivity index (χ4n) is 6.89. The maximum atomic E-state index is 12.3. The molecular weight excluding hydrogens is 1030 g/mol. The first-order valence-electron chi connectivity index (χ1n) is 22.3. The van der Waals surface area contributed by atoms with E-state index in [0.717, 1.165) is 61.1 Å². The zero-order valence-corrected chi connectivity index (χ0v) is 42.2. The van der Waals surface area contributed by atoms with Crippen molar-refractivity contribution < 1.29 is 28.7 Å². The Kier molecular flexibility index (Phi) is 25.6. The van der Waals surface area contributed by atoms with Crippen LogP contribution in [0.15, 0.2) is 169 Å². The minimum atomic E-state index is -0.873. The van der Waals surface area contributed by atoms with Crippen molar-refractivity contribution >= 4 is 64.6 Å². The highest BCUT2D eigenvalue weighted by Gasteiger charge is 2.17. The number of carbonyl (C=O) groups is 2. The van der Waals surface area contributed by atoms with Crippen LogP contribution in [-0.4, -0.2) is 51.3 Å². The molecule has 0 unspecified atom stereocenters. The van der Waals surface area contributed by atoms with E-state index in [0.29, 0.717) is 0 Å². The van der Waals surface area contributed by atoms with Gasteiger partial charge in [0.25, 0.3) is 5.69 Å². The topological polar surface area (TPSA) is 221 Å². The molecule has 0 spiro atoms. The molecule has 5 aromatic carbocycles. The summed E-state index contributed by atoms with van der Waals surface area (Å²) in [5.41, 5.74) is 27.0. The number of hydrogen-bond donors (Lipinski definition) is 4. The van der Waals surface area contributed by atoms with Crippen molar-refractivity contribution in [2.24, 2.45) is 17.2 Å². The Labute approximate surface area is 428 Å². The number of nitro groups is 1. The second-order valence-corrected chi connectivity index (χ2v) is 17.9. The summed E-state index contributed by atoms with van der Waals surface area (Å²) in [6.45, 7) is 0.318. The van der Waals surface area contributed by atoms with Gasteiger partial charge in [-0.2, -0.15) is 0 Å². The number of rotatable bonds is 21. The highest BCUT2D eigenvalue weighted by atomic mass is 127. The molecule has 7 N–H and O–H groups in total. The van der Waals surface area contributed by atoms with Crippen molar-refractivity contribution in [3.8, 4) is 5.75 Å². The Bertz CT molecular complexity index is 2400. The average molecular weight is 1090 g/mol. The minimum Gasteiger partial charge on any atom is -0.444 e. The van der Waals surface area contributed by atoms with Crippen LogP contribution in [0.4, 0.5) is 15.3 Å². The summed E-state index contributed by atoms with van der Waals surface area (Å²) in [7, 11) is 0. The monoisotopic (exact) mass is 1090 g/mol. The molecule has 2 aromatic heterocycles. The Morgan fingerprint density at radius 1 is 0.565 bits per heavy atom. The van der Waals surface area contributed by atoms with Gasteiger partial charge >= 0.3 is 12.2 Å². The quantitative estimate of drug-likeness (QED) is 0.0174. The highest BCUT2D eigenvalue weighted by molar-refractivity contribution is 14.0. The number of aromatic nitrogens is 2. The number of carbonyl (C=O) groups excluding carboxylic acids is 2. The standard InChI is InChI=1S/C23H27N3O2S.C18H24N2.C11H8N2O5S.HI/c24-20(13-18-7-3-1-4-8-18)11-12-21(14-19-9-5-2-6-10-19)26-23(27)28-16-22-15-25-17-29-22;19-17(13-15-7-3-1-4-8-15)11-12-18(20)14-16-9-5-2-6-10-16;14-11(17-6-10-5-12-7-19-10)18-9-3-1-8(2-4-9)13(15)16;/h1-10,15,17,20-21H,11-14,16,24H2,(H,26,27);1-10,17-18H,11-14,19-20H2;1-5,7H,6H2;1H/t20-,21-;17-,18-;;/m00../s1. The van der Waals surface area contributed by atoms with Gasteiger partial charge < -0.3 is 36.7 Å². The molecule has 0 saturated heterocycles. The molecule has 2 heterocycles. The number of non-ortho nitro benzene ring substituents is 1. The fraction of sp³-hybridized carbons (Fsp3) is 0.269. The smallest absolute Gasteiger partial charge is 0.444 e. The van der Waals surface area contributed by atoms with Crippen molar-refractivity contribution in [3.05, 3.63) is 211 Å². The summed E-state index contributed by atoms with van der Waals surface area (Å²) in [4.78, 5) is 43.1. The summed E-state index contributed by atoms with van der Waals surface area (Å²) in [6.07, 6.45) is 9.01. The molecule has 7 rings (SSSR count). The molecular formula is C52H60IN7O7S2. The number of ether oxygens (including phenoxy) is 3. The maximum absolute atomic E-state index is 12.3. The van der Waals surface area contributed by atoms with Crippen LogP contribution >= 0.6 is 46.7 Å². The normalized spacial score (nSPS) is 12.2. The maximum Gasteiger partial charge on any atom is 0.514 e. The number of alkyl carbamates (subject to hydrolysis) is 1. The predicted molar refractivity (Wildman–Crippen MR) is 284 cm³/mol. The lowest BCUT2D eigenvalue weighted by Gasteiger charge is -2.21. The van der Waals surface area contributed by atoms with E-state index in [1.54, 1.807) is 23.4 Å². The van der Waals surface area contributed by atoms with E-state index in [4.69, 9.17) is 31.4 Å². The molecule has 7 aromatic rings. The van der Waals surface area contributed by atoms with Gasteiger partial charge in [-0.15, -0.1) is 46.7 Å². The highest BCUT2D eigenvalue weighted by Crippen LogP contribution is 2.19. The molecule has 0 saturated carbocycles. The molecule has 0 aliphatic carbocycles. The fourth-order valence-corrected chi connectivity index (χ4v) is 7.90. The van der Waals surface area contributed by atoms with Crippen LogP contribution in [0, 0.1) is 10.1 Å². The number of hydrogen-bond acceptors (Lipinski definition) is 14. The summed E-state index contributed by atoms with van der Waals surface area (Å²) in [6, 6.07) is 46.8. The van der Waals surface area contributed by atoms with Crippen LogP contribution in [0.3, 0.4) is 0 Å². The van der Waals surface area contributed by atoms with E-state index in [9.17, 15) is 19.7 Å². The second-order valence-electron chi connectivity index (χ2n) is 15.9. The Balaban J connectivity index is 0.000000231. The number of nitrogens with zero attached hydrogens (tertiary/aromatic N) is 3. The third kappa shape index (κ3) is 23.2. The number of thiazole rings is 2. The van der Waals surface area contributed by atoms with Gasteiger partial charge in [-0.3, -0.25) is 20.1 Å². The van der Waals surface area contributed by atoms with Crippen molar-refractivity contribution in [1.29, 1.82) is 0 Å². The number of nitrogens with one attached hydrogen (secondary N) is 1. The van der Waals surface area contributed by atoms with E-state index in [1.165, 1.54) is 69.2 Å². The van der Waals surface area contributed by atoms with Crippen molar-refractivity contribution in [2.45, 2.75) is 88.7 Å². The van der Waals surface area contributed by atoms with Crippen LogP contribution in [0.1, 0.15) is 57.7 Å². The van der Waals surface area contributed by atoms with Gasteiger partial charge in [0.15, 0.2) is 0 Å². The molecule has 0 radical (unpaired) electrons. The lowest BCUT2D eigenvalue weighted by atomic mass is 9.96. The number of halogens is 1. The lowest BCUT2D eigenvalue weighted by molar-refractivity contribution is -0.384. The predicted octanol–water partition coefficient (Wildman–Crippen LogP) is 10.6. The first-order valence-corrected chi connectivity index (χ1v) is 24.0. The Morgan fingerprint density at radius 2 is 0.957 bits per heavy atom. The van der Waals surface area contributed by atoms with Crippen LogP contribution < -0.4 is 27.3 Å². The summed E-state index contributed by atoms with van der Waals surface area (Å²) in [5.74, 6) is 0.180. The van der Waals surface area contributed by atoms with Gasteiger partial charge in [0.05, 0.1) is 25.7 Å². The third-order valence-electron chi connectivity index (χ3n) is 10.4. The Morgan fingerprint density at radius 3 is 1.35 bits per heavy atom. The van der Waals surface area contributed by atoms with E-state index in [1.807, 2.05) is 48.5 Å². The molecule has 0 bridgehead atoms. The number of amides is 1. The van der Waals surface area contributed by atoms with Crippen LogP contribution in [0.2, 0.25) is 0 Å². The Hall–Kier alpha value is -6.09. The zero-order valence-electron chi connectivity index (χ0n) is 38.2. The van der Waals surface area contributed by atoms with E-state index in [-0.39, 0.29) is 72.8 Å². The minimum absolute atomic E-state index is 0. The van der Waals surface area contributed by atoms with Gasteiger partial charge in [0.1, 0.15) is 19.0 Å². The van der Waals surface area contributed by atoms with Crippen molar-refractivity contribution in [1.82, 2.24) is 15.3 Å². The SMILES string of the molecule is I.N[C@@H](CC[C@@H](Cc1ccccc1)NC(=O)OCc1cncs1)Cc1ccccc1.N[C@@H](CC[C@H](N)Cc1ccccc1)Cc1ccccc1.O=C(OCc1cncs1)Oc1ccc([N+](=O)[O-])cc1. The van der Waals surface area contributed by atoms with Gasteiger partial charge in [0, 0.05) is 48.7 Å². The molecule has 4 atom stereocenters. The molecule has 1 amide bonds. The van der Waals surface area contributed by atoms with Crippen LogP contribution in [-0.2, 0) is 48.4 Å². The molecule has 364 valence electrons. The molecule has 0 aliphatic heterocycles. The van der Waals surface area contributed by atoms with Crippen LogP contribution in [0.5, 0.6) is 5.75 Å². The second kappa shape index (κ2) is 31.9. The van der Waals surface area contributed by atoms with E-state index < -0.39 is 17.2 Å². The summed E-state index contributed by atoms with van der Waals surface area (Å²) in [5, 5.41) is 13.5. The number of benzene rings is 5. The largest absolute Gasteiger partial charge is 0.514 e. The van der Waals surface area contributed by atoms with Gasteiger partial charge in [0.2, 0.25) is 0 Å². The molecule has 69 heavy (non-hydrogen) atoms. The first kappa shape index (κ1) is 55.5. The lowest BCUT2D eigenvalue weighted by Crippen LogP contribution is -2.38. The van der Waals surface area contributed by atoms with Gasteiger partial charge in [-0.05, 0) is 85.8 Å². The molecule has 17 heteroatoms. The van der Waals surface area contributed by atoms with Crippen molar-refractivity contribution in [2.75, 3.05) is 0 Å². The molecule has 14 nitrogen and oxygen atoms in total. The number of nitrogens with two attached hydrogens (primary N) is 3. The van der Waals surface area contributed by atoms with Crippen LogP contribution in [0.25, 0.3) is 0 Å². The molecule has 0 fully saturated rings. The van der Waals surface area contributed by atoms with Gasteiger partial charge in [-0.25, -0.2) is 9.59 Å². The van der Waals surface area contributed by atoms with Crippen molar-refractivity contribution in [3.63, 3.8) is 0 Å². The number of nitro benzene ring substituents is 1. The summed E-state index contributed by atoms with van der Waals surface area (Å²) >= 11 is 2.83. The van der Waals surface area contributed by atoms with E-state index >= 15 is 0 Å².